The fourth-order valence-corrected chi connectivity index (χ4v) is 2.23. The van der Waals surface area contributed by atoms with Gasteiger partial charge in [-0.3, -0.25) is 0 Å². The number of aromatic nitrogens is 2. The van der Waals surface area contributed by atoms with E-state index in [1.165, 1.54) is 6.42 Å². The molecule has 2 N–H and O–H groups in total. The Morgan fingerprint density at radius 2 is 2.50 bits per heavy atom. The third-order valence-electron chi connectivity index (χ3n) is 2.94. The Morgan fingerprint density at radius 1 is 1.62 bits per heavy atom. The number of ether oxygens (including phenoxy) is 1. The first kappa shape index (κ1) is 11.1. The number of anilines is 2. The third-order valence-corrected chi connectivity index (χ3v) is 2.94. The number of rotatable bonds is 3. The zero-order chi connectivity index (χ0) is 11.4. The maximum atomic E-state index is 5.87. The average Bonchev–Trinajstić information content (AvgIpc) is 2.30. The lowest BCUT2D eigenvalue weighted by Gasteiger charge is -2.33. The Labute approximate surface area is 95.6 Å². The molecule has 1 aliphatic heterocycles. The van der Waals surface area contributed by atoms with E-state index in [9.17, 15) is 0 Å². The van der Waals surface area contributed by atoms with Gasteiger partial charge >= 0.3 is 0 Å². The molecular weight excluding hydrogens is 204 g/mol. The predicted molar refractivity (Wildman–Crippen MR) is 63.3 cm³/mol. The van der Waals surface area contributed by atoms with Gasteiger partial charge in [-0.25, -0.2) is 9.97 Å². The molecule has 0 spiro atoms. The minimum Gasteiger partial charge on any atom is -0.394 e. The molecule has 16 heavy (non-hydrogen) atoms. The summed E-state index contributed by atoms with van der Waals surface area (Å²) >= 11 is 0. The van der Waals surface area contributed by atoms with Crippen molar-refractivity contribution in [2.45, 2.75) is 12.8 Å². The largest absolute Gasteiger partial charge is 0.394 e. The normalized spacial score (nSPS) is 21.1. The second-order valence-electron chi connectivity index (χ2n) is 4.21. The molecule has 1 saturated heterocycles. The Kier molecular flexibility index (Phi) is 3.56. The smallest absolute Gasteiger partial charge is 0.155 e. The highest BCUT2D eigenvalue weighted by Crippen LogP contribution is 2.25. The second-order valence-corrected chi connectivity index (χ2v) is 4.21. The number of nitrogen functional groups attached to an aromatic ring is 1. The van der Waals surface area contributed by atoms with Gasteiger partial charge in [-0.15, -0.1) is 0 Å². The highest BCUT2D eigenvalue weighted by molar-refractivity contribution is 5.61. The summed E-state index contributed by atoms with van der Waals surface area (Å²) < 4.78 is 5.21. The molecule has 1 atom stereocenters. The van der Waals surface area contributed by atoms with Crippen LogP contribution in [0.3, 0.4) is 0 Å². The third kappa shape index (κ3) is 2.41. The van der Waals surface area contributed by atoms with Crippen LogP contribution in [0.5, 0.6) is 0 Å². The molecule has 0 radical (unpaired) electrons. The first-order chi connectivity index (χ1) is 7.81. The number of methoxy groups -OCH3 is 1. The van der Waals surface area contributed by atoms with E-state index in [4.69, 9.17) is 10.5 Å². The highest BCUT2D eigenvalue weighted by atomic mass is 16.5. The number of nitrogens with two attached hydrogens (primary N) is 1. The van der Waals surface area contributed by atoms with E-state index in [0.717, 1.165) is 31.9 Å². The molecule has 1 aliphatic rings. The van der Waals surface area contributed by atoms with Crippen LogP contribution >= 0.6 is 0 Å². The Morgan fingerprint density at radius 3 is 3.25 bits per heavy atom. The molecule has 1 unspecified atom stereocenters. The van der Waals surface area contributed by atoms with Gasteiger partial charge in [0.1, 0.15) is 6.33 Å². The topological polar surface area (TPSA) is 64.3 Å². The van der Waals surface area contributed by atoms with Gasteiger partial charge in [-0.1, -0.05) is 0 Å². The van der Waals surface area contributed by atoms with Crippen molar-refractivity contribution in [3.8, 4) is 0 Å². The van der Waals surface area contributed by atoms with Crippen LogP contribution in [0.1, 0.15) is 12.8 Å². The first-order valence-corrected chi connectivity index (χ1v) is 5.60. The standard InChI is InChI=1S/C11H18N4O/c1-16-7-9-3-2-4-15(6-9)11-10(12)5-13-8-14-11/h5,8-9H,2-4,6-7,12H2,1H3. The van der Waals surface area contributed by atoms with Gasteiger partial charge in [0.2, 0.25) is 0 Å². The van der Waals surface area contributed by atoms with E-state index in [-0.39, 0.29) is 0 Å². The maximum Gasteiger partial charge on any atom is 0.155 e. The number of nitrogens with zero attached hydrogens (tertiary/aromatic N) is 3. The van der Waals surface area contributed by atoms with Crippen LogP contribution in [-0.4, -0.2) is 36.8 Å². The monoisotopic (exact) mass is 222 g/mol. The lowest BCUT2D eigenvalue weighted by atomic mass is 9.99. The van der Waals surface area contributed by atoms with Crippen LogP contribution in [0.4, 0.5) is 11.5 Å². The van der Waals surface area contributed by atoms with Gasteiger partial charge in [-0.05, 0) is 18.8 Å². The van der Waals surface area contributed by atoms with Crippen molar-refractivity contribution >= 4 is 11.5 Å². The van der Waals surface area contributed by atoms with Gasteiger partial charge in [0.05, 0.1) is 18.5 Å². The summed E-state index contributed by atoms with van der Waals surface area (Å²) in [5.74, 6) is 1.43. The van der Waals surface area contributed by atoms with Crippen LogP contribution < -0.4 is 10.6 Å². The molecule has 5 heteroatoms. The van der Waals surface area contributed by atoms with Crippen molar-refractivity contribution < 1.29 is 4.74 Å². The van der Waals surface area contributed by atoms with Crippen molar-refractivity contribution in [1.82, 2.24) is 9.97 Å². The molecule has 0 bridgehead atoms. The maximum absolute atomic E-state index is 5.87. The fraction of sp³-hybridized carbons (Fsp3) is 0.636. The average molecular weight is 222 g/mol. The van der Waals surface area contributed by atoms with Crippen molar-refractivity contribution in [3.05, 3.63) is 12.5 Å². The Bertz CT molecular complexity index is 343. The number of hydrogen-bond donors (Lipinski definition) is 1. The summed E-state index contributed by atoms with van der Waals surface area (Å²) in [5, 5.41) is 0. The van der Waals surface area contributed by atoms with Crippen molar-refractivity contribution in [3.63, 3.8) is 0 Å². The van der Waals surface area contributed by atoms with E-state index < -0.39 is 0 Å². The van der Waals surface area contributed by atoms with Crippen LogP contribution in [0.2, 0.25) is 0 Å². The molecule has 2 heterocycles. The zero-order valence-electron chi connectivity index (χ0n) is 9.59. The molecule has 1 aromatic rings. The lowest BCUT2D eigenvalue weighted by molar-refractivity contribution is 0.143. The molecule has 0 saturated carbocycles. The van der Waals surface area contributed by atoms with Gasteiger partial charge in [0.15, 0.2) is 5.82 Å². The summed E-state index contributed by atoms with van der Waals surface area (Å²) in [6.07, 6.45) is 5.58. The fourth-order valence-electron chi connectivity index (χ4n) is 2.23. The van der Waals surface area contributed by atoms with E-state index in [0.29, 0.717) is 11.6 Å². The first-order valence-electron chi connectivity index (χ1n) is 5.60. The quantitative estimate of drug-likeness (QED) is 0.824. The van der Waals surface area contributed by atoms with Crippen molar-refractivity contribution in [2.75, 3.05) is 37.4 Å². The second kappa shape index (κ2) is 5.12. The molecule has 2 rings (SSSR count). The van der Waals surface area contributed by atoms with Gasteiger partial charge in [0.25, 0.3) is 0 Å². The molecule has 0 aromatic carbocycles. The molecule has 5 nitrogen and oxygen atoms in total. The molecule has 0 aliphatic carbocycles. The molecule has 1 aromatic heterocycles. The minimum absolute atomic E-state index is 0.577. The van der Waals surface area contributed by atoms with Crippen molar-refractivity contribution in [2.24, 2.45) is 5.92 Å². The van der Waals surface area contributed by atoms with E-state index in [2.05, 4.69) is 14.9 Å². The summed E-state index contributed by atoms with van der Waals surface area (Å²) in [4.78, 5) is 10.4. The van der Waals surface area contributed by atoms with Gasteiger partial charge in [0, 0.05) is 20.2 Å². The van der Waals surface area contributed by atoms with E-state index in [1.54, 1.807) is 19.6 Å². The number of piperidine rings is 1. The van der Waals surface area contributed by atoms with E-state index in [1.807, 2.05) is 0 Å². The van der Waals surface area contributed by atoms with Gasteiger partial charge in [-0.2, -0.15) is 0 Å². The lowest BCUT2D eigenvalue weighted by Crippen LogP contribution is -2.38. The van der Waals surface area contributed by atoms with Crippen molar-refractivity contribution in [1.29, 1.82) is 0 Å². The van der Waals surface area contributed by atoms with Crippen LogP contribution in [0.15, 0.2) is 12.5 Å². The summed E-state index contributed by atoms with van der Waals surface area (Å²) in [6, 6.07) is 0. The minimum atomic E-state index is 0.577. The summed E-state index contributed by atoms with van der Waals surface area (Å²) in [7, 11) is 1.75. The molecule has 1 fully saturated rings. The Balaban J connectivity index is 2.07. The zero-order valence-corrected chi connectivity index (χ0v) is 9.59. The van der Waals surface area contributed by atoms with Crippen LogP contribution in [-0.2, 0) is 4.74 Å². The van der Waals surface area contributed by atoms with Crippen LogP contribution in [0, 0.1) is 5.92 Å². The van der Waals surface area contributed by atoms with Gasteiger partial charge < -0.3 is 15.4 Å². The Hall–Kier alpha value is -1.36. The SMILES string of the molecule is COCC1CCCN(c2ncncc2N)C1. The van der Waals surface area contributed by atoms with Crippen LogP contribution in [0.25, 0.3) is 0 Å². The van der Waals surface area contributed by atoms with E-state index >= 15 is 0 Å². The summed E-state index contributed by atoms with van der Waals surface area (Å²) in [5.41, 5.74) is 6.53. The number of hydrogen-bond acceptors (Lipinski definition) is 5. The highest BCUT2D eigenvalue weighted by Gasteiger charge is 2.21. The molecular formula is C11H18N4O. The molecule has 0 amide bonds. The summed E-state index contributed by atoms with van der Waals surface area (Å²) in [6.45, 7) is 2.79. The molecule has 88 valence electrons. The predicted octanol–water partition coefficient (Wildman–Crippen LogP) is 0.922.